The molecule has 0 bridgehead atoms. The number of esters is 2. The fraction of sp³-hybridized carbons (Fsp3) is 0.214. The lowest BCUT2D eigenvalue weighted by atomic mass is 9.76. The molecule has 0 amide bonds. The van der Waals surface area contributed by atoms with E-state index in [2.05, 4.69) is 0 Å². The highest BCUT2D eigenvalue weighted by atomic mass is 35.5. The Bertz CT molecular complexity index is 1430. The minimum absolute atomic E-state index is 0.239. The zero-order valence-corrected chi connectivity index (χ0v) is 19.7. The third-order valence-corrected chi connectivity index (χ3v) is 7.91. The second-order valence-corrected chi connectivity index (χ2v) is 9.78. The Labute approximate surface area is 206 Å². The van der Waals surface area contributed by atoms with Gasteiger partial charge in [0.05, 0.1) is 12.0 Å². The van der Waals surface area contributed by atoms with Gasteiger partial charge in [-0.25, -0.2) is 0 Å². The van der Waals surface area contributed by atoms with Crippen LogP contribution in [0.5, 0.6) is 0 Å². The van der Waals surface area contributed by atoms with E-state index in [1.165, 1.54) is 0 Å². The number of carbonyl (C=O) groups is 4. The van der Waals surface area contributed by atoms with Crippen molar-refractivity contribution in [3.05, 3.63) is 99.6 Å². The van der Waals surface area contributed by atoms with Crippen molar-refractivity contribution in [3.63, 3.8) is 0 Å². The molecule has 0 radical (unpaired) electrons. The first-order valence-electron chi connectivity index (χ1n) is 11.3. The van der Waals surface area contributed by atoms with Crippen molar-refractivity contribution in [2.24, 2.45) is 11.8 Å². The number of Topliss-reactive ketones (excluding diaryl/α,β-unsaturated/α-hetero) is 2. The van der Waals surface area contributed by atoms with Crippen LogP contribution in [-0.2, 0) is 14.3 Å². The van der Waals surface area contributed by atoms with Crippen molar-refractivity contribution in [1.82, 2.24) is 0 Å². The molecular formula is C28H20ClNO5. The molecule has 35 heavy (non-hydrogen) atoms. The monoisotopic (exact) mass is 485 g/mol. The summed E-state index contributed by atoms with van der Waals surface area (Å²) in [6.07, 6.45) is 0. The third kappa shape index (κ3) is 2.71. The molecule has 2 aliphatic heterocycles. The van der Waals surface area contributed by atoms with E-state index >= 15 is 0 Å². The van der Waals surface area contributed by atoms with Gasteiger partial charge in [-0.3, -0.25) is 19.2 Å². The molecule has 3 atom stereocenters. The molecule has 7 heteroatoms. The van der Waals surface area contributed by atoms with Crippen molar-refractivity contribution in [3.8, 4) is 0 Å². The number of anilines is 1. The molecule has 0 aromatic heterocycles. The van der Waals surface area contributed by atoms with E-state index in [4.69, 9.17) is 16.3 Å². The van der Waals surface area contributed by atoms with Gasteiger partial charge >= 0.3 is 11.9 Å². The average molecular weight is 486 g/mol. The number of ether oxygens (including phenoxy) is 1. The Morgan fingerprint density at radius 2 is 1.46 bits per heavy atom. The van der Waals surface area contributed by atoms with Gasteiger partial charge in [-0.2, -0.15) is 0 Å². The fourth-order valence-electron chi connectivity index (χ4n) is 5.94. The maximum atomic E-state index is 14.2. The normalized spacial score (nSPS) is 24.2. The van der Waals surface area contributed by atoms with E-state index in [0.717, 1.165) is 11.1 Å². The number of hydrogen-bond acceptors (Lipinski definition) is 6. The molecule has 3 aromatic carbocycles. The second-order valence-electron chi connectivity index (χ2n) is 9.37. The molecule has 3 aromatic rings. The number of rotatable bonds is 2. The summed E-state index contributed by atoms with van der Waals surface area (Å²) in [5.41, 5.74) is 1.53. The molecule has 0 N–H and O–H groups in total. The third-order valence-electron chi connectivity index (χ3n) is 7.48. The molecule has 1 aliphatic carbocycles. The molecular weight excluding hydrogens is 466 g/mol. The van der Waals surface area contributed by atoms with Gasteiger partial charge in [-0.15, -0.1) is 0 Å². The van der Waals surface area contributed by atoms with Gasteiger partial charge in [0, 0.05) is 21.8 Å². The quantitative estimate of drug-likeness (QED) is 0.388. The average Bonchev–Trinajstić information content (AvgIpc) is 3.40. The smallest absolute Gasteiger partial charge is 0.320 e. The summed E-state index contributed by atoms with van der Waals surface area (Å²) in [6, 6.07) is 18.5. The molecule has 6 nitrogen and oxygen atoms in total. The minimum Gasteiger partial charge on any atom is -0.393 e. The molecule has 2 saturated heterocycles. The van der Waals surface area contributed by atoms with Gasteiger partial charge in [0.1, 0.15) is 5.92 Å². The molecule has 2 fully saturated rings. The van der Waals surface area contributed by atoms with E-state index in [1.807, 2.05) is 38.1 Å². The van der Waals surface area contributed by atoms with Crippen LogP contribution in [0, 0.1) is 25.7 Å². The Balaban J connectivity index is 1.69. The summed E-state index contributed by atoms with van der Waals surface area (Å²) in [5.74, 6) is -4.87. The first-order chi connectivity index (χ1) is 16.8. The van der Waals surface area contributed by atoms with E-state index < -0.39 is 46.9 Å². The van der Waals surface area contributed by atoms with Crippen LogP contribution < -0.4 is 4.90 Å². The zero-order chi connectivity index (χ0) is 24.6. The van der Waals surface area contributed by atoms with Crippen molar-refractivity contribution in [2.45, 2.75) is 25.4 Å². The van der Waals surface area contributed by atoms with E-state index in [1.54, 1.807) is 47.4 Å². The number of fused-ring (bicyclic) bond motifs is 3. The zero-order valence-electron chi connectivity index (χ0n) is 18.9. The summed E-state index contributed by atoms with van der Waals surface area (Å²) < 4.78 is 5.08. The summed E-state index contributed by atoms with van der Waals surface area (Å²) >= 11 is 6.30. The lowest BCUT2D eigenvalue weighted by Gasteiger charge is -2.40. The molecule has 2 heterocycles. The van der Waals surface area contributed by atoms with Crippen LogP contribution in [0.4, 0.5) is 5.69 Å². The number of carbonyl (C=O) groups excluding carboxylic acids is 4. The molecule has 1 spiro atoms. The maximum absolute atomic E-state index is 14.2. The lowest BCUT2D eigenvalue weighted by molar-refractivity contribution is -0.154. The number of halogens is 1. The summed E-state index contributed by atoms with van der Waals surface area (Å²) in [4.78, 5) is 56.4. The first kappa shape index (κ1) is 21.7. The van der Waals surface area contributed by atoms with Crippen LogP contribution in [0.15, 0.2) is 66.7 Å². The summed E-state index contributed by atoms with van der Waals surface area (Å²) in [6.45, 7) is 3.76. The number of aryl methyl sites for hydroxylation is 2. The summed E-state index contributed by atoms with van der Waals surface area (Å²) in [5, 5.41) is 0.525. The van der Waals surface area contributed by atoms with Crippen LogP contribution in [0.1, 0.15) is 43.4 Å². The molecule has 174 valence electrons. The number of hydrogen-bond donors (Lipinski definition) is 0. The maximum Gasteiger partial charge on any atom is 0.320 e. The Morgan fingerprint density at radius 1 is 0.829 bits per heavy atom. The predicted molar refractivity (Wildman–Crippen MR) is 129 cm³/mol. The van der Waals surface area contributed by atoms with Crippen LogP contribution >= 0.6 is 11.6 Å². The van der Waals surface area contributed by atoms with Crippen LogP contribution in [0.25, 0.3) is 0 Å². The Kier molecular flexibility index (Phi) is 4.57. The van der Waals surface area contributed by atoms with Gasteiger partial charge in [0.2, 0.25) is 0 Å². The van der Waals surface area contributed by atoms with Crippen molar-refractivity contribution >= 4 is 40.8 Å². The van der Waals surface area contributed by atoms with E-state index in [-0.39, 0.29) is 11.1 Å². The highest BCUT2D eigenvalue weighted by Gasteiger charge is 2.76. The summed E-state index contributed by atoms with van der Waals surface area (Å²) in [7, 11) is 0. The van der Waals surface area contributed by atoms with Crippen molar-refractivity contribution < 1.29 is 23.9 Å². The fourth-order valence-corrected chi connectivity index (χ4v) is 6.06. The van der Waals surface area contributed by atoms with Gasteiger partial charge in [0.25, 0.3) is 0 Å². The minimum atomic E-state index is -1.94. The molecule has 0 saturated carbocycles. The van der Waals surface area contributed by atoms with E-state index in [9.17, 15) is 19.2 Å². The number of cyclic esters (lactones) is 2. The van der Waals surface area contributed by atoms with Gasteiger partial charge in [-0.05, 0) is 43.2 Å². The molecule has 0 unspecified atom stereocenters. The lowest BCUT2D eigenvalue weighted by Crippen LogP contribution is -2.59. The number of benzene rings is 3. The first-order valence-corrected chi connectivity index (χ1v) is 11.7. The Morgan fingerprint density at radius 3 is 2.06 bits per heavy atom. The SMILES string of the molecule is Cc1ccc([C@@H]2[C@H]3C(=O)OC(=O)[C@@H]3C3(C(=O)c4ccccc4C3=O)N2c2ccc(Cl)c(C)c2)cc1. The Hall–Kier alpha value is -3.77. The highest BCUT2D eigenvalue weighted by molar-refractivity contribution is 6.37. The second kappa shape index (κ2) is 7.36. The predicted octanol–water partition coefficient (Wildman–Crippen LogP) is 4.65. The highest BCUT2D eigenvalue weighted by Crippen LogP contribution is 2.60. The van der Waals surface area contributed by atoms with Crippen LogP contribution in [0.3, 0.4) is 0 Å². The molecule has 3 aliphatic rings. The van der Waals surface area contributed by atoms with E-state index in [0.29, 0.717) is 16.3 Å². The van der Waals surface area contributed by atoms with Crippen LogP contribution in [-0.4, -0.2) is 29.0 Å². The molecule has 6 rings (SSSR count). The van der Waals surface area contributed by atoms with Gasteiger partial charge in [-0.1, -0.05) is 65.7 Å². The van der Waals surface area contributed by atoms with Gasteiger partial charge in [0.15, 0.2) is 17.1 Å². The number of ketones is 2. The topological polar surface area (TPSA) is 80.8 Å². The van der Waals surface area contributed by atoms with Crippen molar-refractivity contribution in [2.75, 3.05) is 4.90 Å². The number of nitrogens with zero attached hydrogens (tertiary/aromatic N) is 1. The van der Waals surface area contributed by atoms with Gasteiger partial charge < -0.3 is 9.64 Å². The van der Waals surface area contributed by atoms with Crippen LogP contribution in [0.2, 0.25) is 5.02 Å². The largest absolute Gasteiger partial charge is 0.393 e. The standard InChI is InChI=1S/C28H20ClNO5/c1-14-7-9-16(10-8-14)23-21-22(27(34)35-26(21)33)28(30(23)17-11-12-20(29)15(2)13-17)24(31)18-5-3-4-6-19(18)25(28)32/h3-13,21-23H,1-2H3/t21-,22+,23+/m0/s1. The van der Waals surface area contributed by atoms with Crippen molar-refractivity contribution in [1.29, 1.82) is 0 Å².